The molecule has 6 nitrogen and oxygen atoms in total. The Hall–Kier alpha value is -2.25. The maximum atomic E-state index is 12.5. The van der Waals surface area contributed by atoms with Crippen molar-refractivity contribution in [1.29, 1.82) is 0 Å². The van der Waals surface area contributed by atoms with E-state index in [4.69, 9.17) is 16.3 Å². The smallest absolute Gasteiger partial charge is 0.265 e. The number of ether oxygens (including phenoxy) is 1. The number of halogens is 1. The van der Waals surface area contributed by atoms with Crippen LogP contribution < -0.4 is 14.4 Å². The monoisotopic (exact) mass is 396 g/mol. The van der Waals surface area contributed by atoms with Gasteiger partial charge in [-0.05, 0) is 36.8 Å². The van der Waals surface area contributed by atoms with E-state index in [1.165, 1.54) is 7.05 Å². The van der Waals surface area contributed by atoms with E-state index in [1.807, 2.05) is 6.92 Å². The number of amides is 1. The molecular weight excluding hydrogens is 376 g/mol. The number of anilines is 2. The number of sulfonamides is 1. The van der Waals surface area contributed by atoms with E-state index in [0.717, 1.165) is 10.6 Å². The lowest BCUT2D eigenvalue weighted by atomic mass is 10.2. The summed E-state index contributed by atoms with van der Waals surface area (Å²) in [4.78, 5) is 12.5. The van der Waals surface area contributed by atoms with E-state index in [2.05, 4.69) is 5.32 Å². The fraction of sp³-hybridized carbons (Fsp3) is 0.278. The van der Waals surface area contributed by atoms with E-state index >= 15 is 0 Å². The van der Waals surface area contributed by atoms with Gasteiger partial charge in [-0.25, -0.2) is 8.42 Å². The predicted octanol–water partition coefficient (Wildman–Crippen LogP) is 3.53. The van der Waals surface area contributed by atoms with Crippen molar-refractivity contribution in [2.45, 2.75) is 19.4 Å². The number of rotatable bonds is 7. The molecule has 1 atom stereocenters. The van der Waals surface area contributed by atoms with Crippen molar-refractivity contribution >= 4 is 38.9 Å². The maximum absolute atomic E-state index is 12.5. The van der Waals surface area contributed by atoms with Gasteiger partial charge in [0.15, 0.2) is 6.10 Å². The third-order valence-corrected chi connectivity index (χ3v) is 5.26. The quantitative estimate of drug-likeness (QED) is 0.776. The summed E-state index contributed by atoms with van der Waals surface area (Å²) in [6.07, 6.45) is 0.828. The Morgan fingerprint density at radius 3 is 2.54 bits per heavy atom. The Morgan fingerprint density at radius 2 is 1.92 bits per heavy atom. The zero-order valence-electron chi connectivity index (χ0n) is 14.8. The standard InChI is InChI=1S/C18H21ClN2O4S/c1-4-16(25-17-11-6-5-10-15(17)19)18(22)20-13-8-7-9-14(12-13)21(2)26(3,23)24/h5-12,16H,4H2,1-3H3,(H,20,22)/t16-/m0/s1. The molecule has 0 bridgehead atoms. The van der Waals surface area contributed by atoms with Crippen LogP contribution in [0.4, 0.5) is 11.4 Å². The SMILES string of the molecule is CC[C@H](Oc1ccccc1Cl)C(=O)Nc1cccc(N(C)S(C)(=O)=O)c1. The molecule has 0 saturated heterocycles. The van der Waals surface area contributed by atoms with Crippen LogP contribution in [0, 0.1) is 0 Å². The molecule has 0 radical (unpaired) electrons. The van der Waals surface area contributed by atoms with Gasteiger partial charge in [-0.3, -0.25) is 9.10 Å². The highest BCUT2D eigenvalue weighted by Crippen LogP contribution is 2.25. The Bertz CT molecular complexity index is 886. The molecule has 140 valence electrons. The number of nitrogens with zero attached hydrogens (tertiary/aromatic N) is 1. The van der Waals surface area contributed by atoms with Crippen molar-refractivity contribution in [2.75, 3.05) is 22.9 Å². The second kappa shape index (κ2) is 8.42. The van der Waals surface area contributed by atoms with Crippen LogP contribution in [-0.2, 0) is 14.8 Å². The third-order valence-electron chi connectivity index (χ3n) is 3.74. The van der Waals surface area contributed by atoms with Crippen molar-refractivity contribution in [3.63, 3.8) is 0 Å². The molecule has 1 amide bonds. The van der Waals surface area contributed by atoms with E-state index in [9.17, 15) is 13.2 Å². The van der Waals surface area contributed by atoms with Crippen LogP contribution in [0.25, 0.3) is 0 Å². The van der Waals surface area contributed by atoms with E-state index in [1.54, 1.807) is 48.5 Å². The van der Waals surface area contributed by atoms with Crippen LogP contribution in [0.3, 0.4) is 0 Å². The van der Waals surface area contributed by atoms with Gasteiger partial charge in [0.05, 0.1) is 17.0 Å². The van der Waals surface area contributed by atoms with Gasteiger partial charge in [-0.2, -0.15) is 0 Å². The zero-order valence-corrected chi connectivity index (χ0v) is 16.3. The average molecular weight is 397 g/mol. The lowest BCUT2D eigenvalue weighted by Crippen LogP contribution is -2.32. The number of para-hydroxylation sites is 1. The topological polar surface area (TPSA) is 75.7 Å². The number of benzene rings is 2. The fourth-order valence-electron chi connectivity index (χ4n) is 2.21. The van der Waals surface area contributed by atoms with Crippen molar-refractivity contribution < 1.29 is 17.9 Å². The second-order valence-electron chi connectivity index (χ2n) is 5.72. The van der Waals surface area contributed by atoms with Gasteiger partial charge in [-0.15, -0.1) is 0 Å². The molecule has 26 heavy (non-hydrogen) atoms. The van der Waals surface area contributed by atoms with Gasteiger partial charge in [0.1, 0.15) is 5.75 Å². The number of hydrogen-bond donors (Lipinski definition) is 1. The lowest BCUT2D eigenvalue weighted by molar-refractivity contribution is -0.122. The molecular formula is C18H21ClN2O4S. The van der Waals surface area contributed by atoms with Crippen LogP contribution in [0.1, 0.15) is 13.3 Å². The highest BCUT2D eigenvalue weighted by Gasteiger charge is 2.20. The molecule has 0 aliphatic rings. The molecule has 1 N–H and O–H groups in total. The number of hydrogen-bond acceptors (Lipinski definition) is 4. The Balaban J connectivity index is 2.14. The Morgan fingerprint density at radius 1 is 1.23 bits per heavy atom. The fourth-order valence-corrected chi connectivity index (χ4v) is 2.89. The van der Waals surface area contributed by atoms with E-state index < -0.39 is 16.1 Å². The van der Waals surface area contributed by atoms with Crippen molar-refractivity contribution in [2.24, 2.45) is 0 Å². The average Bonchev–Trinajstić information content (AvgIpc) is 2.59. The summed E-state index contributed by atoms with van der Waals surface area (Å²) in [5.74, 6) is 0.0910. The van der Waals surface area contributed by atoms with Gasteiger partial charge >= 0.3 is 0 Å². The second-order valence-corrected chi connectivity index (χ2v) is 8.14. The molecule has 0 spiro atoms. The third kappa shape index (κ3) is 5.12. The predicted molar refractivity (Wildman–Crippen MR) is 104 cm³/mol. The summed E-state index contributed by atoms with van der Waals surface area (Å²) >= 11 is 6.07. The summed E-state index contributed by atoms with van der Waals surface area (Å²) in [7, 11) is -1.94. The van der Waals surface area contributed by atoms with Gasteiger partial charge in [0.2, 0.25) is 10.0 Å². The van der Waals surface area contributed by atoms with Gasteiger partial charge in [-0.1, -0.05) is 36.7 Å². The van der Waals surface area contributed by atoms with Crippen LogP contribution >= 0.6 is 11.6 Å². The van der Waals surface area contributed by atoms with Crippen molar-refractivity contribution in [3.05, 3.63) is 53.6 Å². The highest BCUT2D eigenvalue weighted by molar-refractivity contribution is 7.92. The largest absolute Gasteiger partial charge is 0.479 e. The lowest BCUT2D eigenvalue weighted by Gasteiger charge is -2.20. The first kappa shape index (κ1) is 20.1. The normalized spacial score (nSPS) is 12.3. The van der Waals surface area contributed by atoms with Crippen molar-refractivity contribution in [1.82, 2.24) is 0 Å². The highest BCUT2D eigenvalue weighted by atomic mass is 35.5. The minimum absolute atomic E-state index is 0.341. The first-order valence-corrected chi connectivity index (χ1v) is 10.2. The molecule has 0 aliphatic heterocycles. The molecule has 0 aromatic heterocycles. The van der Waals surface area contributed by atoms with E-state index in [-0.39, 0.29) is 5.91 Å². The molecule has 0 aliphatic carbocycles. The molecule has 0 saturated carbocycles. The van der Waals surface area contributed by atoms with Crippen molar-refractivity contribution in [3.8, 4) is 5.75 Å². The first-order chi connectivity index (χ1) is 12.2. The zero-order chi connectivity index (χ0) is 19.3. The molecule has 8 heteroatoms. The summed E-state index contributed by atoms with van der Waals surface area (Å²) < 4.78 is 30.2. The van der Waals surface area contributed by atoms with Gasteiger partial charge < -0.3 is 10.1 Å². The van der Waals surface area contributed by atoms with E-state index in [0.29, 0.717) is 28.6 Å². The maximum Gasteiger partial charge on any atom is 0.265 e. The molecule has 0 heterocycles. The Labute approximate surface area is 158 Å². The minimum atomic E-state index is -3.39. The molecule has 2 rings (SSSR count). The van der Waals surface area contributed by atoms with Crippen LogP contribution in [0.2, 0.25) is 5.02 Å². The number of carbonyl (C=O) groups is 1. The molecule has 2 aromatic rings. The molecule has 0 fully saturated rings. The Kier molecular flexibility index (Phi) is 6.50. The van der Waals surface area contributed by atoms with Crippen LogP contribution in [-0.4, -0.2) is 33.7 Å². The van der Waals surface area contributed by atoms with Crippen LogP contribution in [0.5, 0.6) is 5.75 Å². The summed E-state index contributed by atoms with van der Waals surface area (Å²) in [5.41, 5.74) is 0.926. The molecule has 2 aromatic carbocycles. The van der Waals surface area contributed by atoms with Crippen LogP contribution in [0.15, 0.2) is 48.5 Å². The molecule has 0 unspecified atom stereocenters. The summed E-state index contributed by atoms with van der Waals surface area (Å²) in [5, 5.41) is 3.18. The summed E-state index contributed by atoms with van der Waals surface area (Å²) in [6.45, 7) is 1.83. The summed E-state index contributed by atoms with van der Waals surface area (Å²) in [6, 6.07) is 13.5. The number of nitrogens with one attached hydrogen (secondary N) is 1. The number of carbonyl (C=O) groups excluding carboxylic acids is 1. The minimum Gasteiger partial charge on any atom is -0.479 e. The van der Waals surface area contributed by atoms with Gasteiger partial charge in [0.25, 0.3) is 5.91 Å². The van der Waals surface area contributed by atoms with Gasteiger partial charge in [0, 0.05) is 12.7 Å². The first-order valence-electron chi connectivity index (χ1n) is 7.98.